The molecule has 1 fully saturated rings. The number of nitrogens with two attached hydrogens (primary N) is 1. The van der Waals surface area contributed by atoms with Gasteiger partial charge in [0.1, 0.15) is 0 Å². The number of nitrogens with one attached hydrogen (secondary N) is 1. The van der Waals surface area contributed by atoms with Crippen molar-refractivity contribution in [3.05, 3.63) is 33.8 Å². The minimum atomic E-state index is -0.268. The second-order valence-corrected chi connectivity index (χ2v) is 8.57. The lowest BCUT2D eigenvalue weighted by Crippen LogP contribution is -2.30. The van der Waals surface area contributed by atoms with E-state index in [4.69, 9.17) is 5.84 Å². The van der Waals surface area contributed by atoms with Gasteiger partial charge in [0.2, 0.25) is 0 Å². The van der Waals surface area contributed by atoms with E-state index < -0.39 is 0 Å². The molecule has 0 atom stereocenters. The third-order valence-electron chi connectivity index (χ3n) is 3.77. The zero-order chi connectivity index (χ0) is 15.5. The van der Waals surface area contributed by atoms with Crippen molar-refractivity contribution in [3.8, 4) is 0 Å². The summed E-state index contributed by atoms with van der Waals surface area (Å²) < 4.78 is 1.33. The predicted molar refractivity (Wildman–Crippen MR) is 92.2 cm³/mol. The topological polar surface area (TPSA) is 58.4 Å². The van der Waals surface area contributed by atoms with Gasteiger partial charge in [-0.15, -0.1) is 0 Å². The number of thioether (sulfide) groups is 1. The van der Waals surface area contributed by atoms with Gasteiger partial charge in [-0.2, -0.15) is 11.8 Å². The average Bonchev–Trinajstić information content (AvgIpc) is 2.61. The van der Waals surface area contributed by atoms with Gasteiger partial charge in [-0.1, -0.05) is 35.8 Å². The van der Waals surface area contributed by atoms with E-state index in [-0.39, 0.29) is 5.91 Å². The van der Waals surface area contributed by atoms with Crippen LogP contribution in [0.1, 0.15) is 36.2 Å². The zero-order valence-corrected chi connectivity index (χ0v) is 14.9. The molecule has 6 heteroatoms. The van der Waals surface area contributed by atoms with Crippen molar-refractivity contribution in [3.63, 3.8) is 0 Å². The van der Waals surface area contributed by atoms with E-state index >= 15 is 0 Å². The maximum absolute atomic E-state index is 11.5. The number of carbonyl (C=O) groups excluding carboxylic acids is 1. The number of nitrogens with zero attached hydrogens (tertiary/aromatic N) is 1. The maximum atomic E-state index is 11.5. The van der Waals surface area contributed by atoms with Crippen LogP contribution >= 0.6 is 27.7 Å². The third-order valence-corrected chi connectivity index (χ3v) is 5.88. The summed E-state index contributed by atoms with van der Waals surface area (Å²) in [5.41, 5.74) is 3.93. The lowest BCUT2D eigenvalue weighted by atomic mass is 10.1. The summed E-state index contributed by atoms with van der Waals surface area (Å²) in [6.07, 6.45) is 1.20. The fraction of sp³-hybridized carbons (Fsp3) is 0.533. The van der Waals surface area contributed by atoms with Crippen LogP contribution in [-0.4, -0.2) is 34.4 Å². The molecule has 2 rings (SSSR count). The van der Waals surface area contributed by atoms with Gasteiger partial charge in [-0.25, -0.2) is 5.84 Å². The molecule has 3 N–H and O–H groups in total. The summed E-state index contributed by atoms with van der Waals surface area (Å²) in [6.45, 7) is 7.75. The van der Waals surface area contributed by atoms with Crippen molar-refractivity contribution in [1.29, 1.82) is 0 Å². The monoisotopic (exact) mass is 371 g/mol. The Labute approximate surface area is 138 Å². The number of amides is 1. The summed E-state index contributed by atoms with van der Waals surface area (Å²) in [5.74, 6) is 6.06. The van der Waals surface area contributed by atoms with Gasteiger partial charge in [0, 0.05) is 33.6 Å². The molecule has 21 heavy (non-hydrogen) atoms. The molecule has 0 bridgehead atoms. The number of benzene rings is 1. The van der Waals surface area contributed by atoms with Gasteiger partial charge in [-0.3, -0.25) is 15.1 Å². The third kappa shape index (κ3) is 4.71. The highest BCUT2D eigenvalue weighted by atomic mass is 79.9. The van der Waals surface area contributed by atoms with E-state index in [2.05, 4.69) is 40.1 Å². The van der Waals surface area contributed by atoms with E-state index in [1.54, 1.807) is 0 Å². The summed E-state index contributed by atoms with van der Waals surface area (Å²) in [6, 6.07) is 5.64. The molecule has 1 aliphatic heterocycles. The second kappa shape index (κ2) is 7.13. The first kappa shape index (κ1) is 16.8. The van der Waals surface area contributed by atoms with Crippen LogP contribution in [0.4, 0.5) is 0 Å². The summed E-state index contributed by atoms with van der Waals surface area (Å²) in [5, 5.41) is 0. The molecule has 1 amide bonds. The number of hydrogen-bond acceptors (Lipinski definition) is 4. The lowest BCUT2D eigenvalue weighted by Gasteiger charge is -2.23. The highest BCUT2D eigenvalue weighted by molar-refractivity contribution is 9.10. The number of hydrogen-bond donors (Lipinski definition) is 2. The highest BCUT2D eigenvalue weighted by Gasteiger charge is 2.23. The van der Waals surface area contributed by atoms with Crippen molar-refractivity contribution < 1.29 is 4.79 Å². The molecule has 116 valence electrons. The molecule has 1 aromatic rings. The molecule has 0 saturated carbocycles. The molecule has 0 aliphatic carbocycles. The zero-order valence-electron chi connectivity index (χ0n) is 12.5. The number of nitrogen functional groups attached to an aromatic ring is 1. The molecule has 1 saturated heterocycles. The summed E-state index contributed by atoms with van der Waals surface area (Å²) in [4.78, 5) is 14.0. The van der Waals surface area contributed by atoms with Crippen molar-refractivity contribution in [1.82, 2.24) is 10.3 Å². The summed E-state index contributed by atoms with van der Waals surface area (Å²) >= 11 is 5.61. The smallest absolute Gasteiger partial charge is 0.265 e. The Bertz CT molecular complexity index is 522. The average molecular weight is 372 g/mol. The molecular formula is C15H22BrN3OS. The molecular weight excluding hydrogens is 350 g/mol. The van der Waals surface area contributed by atoms with Gasteiger partial charge in [0.15, 0.2) is 0 Å². The fourth-order valence-corrected chi connectivity index (χ4v) is 4.00. The Balaban J connectivity index is 2.04. The molecule has 1 aliphatic rings. The van der Waals surface area contributed by atoms with Crippen LogP contribution in [0.3, 0.4) is 0 Å². The molecule has 0 radical (unpaired) electrons. The van der Waals surface area contributed by atoms with Crippen molar-refractivity contribution >= 4 is 33.6 Å². The first-order valence-corrected chi connectivity index (χ1v) is 8.85. The van der Waals surface area contributed by atoms with E-state index in [9.17, 15) is 4.79 Å². The van der Waals surface area contributed by atoms with E-state index in [1.165, 1.54) is 12.0 Å². The number of halogens is 1. The quantitative estimate of drug-likeness (QED) is 0.487. The SMILES string of the molecule is CC1(C)CCN(Cc2ccc(C(=O)NN)cc2Br)CCS1. The lowest BCUT2D eigenvalue weighted by molar-refractivity contribution is 0.0953. The highest BCUT2D eigenvalue weighted by Crippen LogP contribution is 2.31. The normalized spacial score (nSPS) is 19.0. The van der Waals surface area contributed by atoms with Crippen LogP contribution in [-0.2, 0) is 6.54 Å². The van der Waals surface area contributed by atoms with E-state index in [1.807, 2.05) is 30.0 Å². The Morgan fingerprint density at radius 3 is 2.90 bits per heavy atom. The standard InChI is InChI=1S/C15H22BrN3OS/c1-15(2)5-6-19(7-8-21-15)10-12-4-3-11(9-13(12)16)14(20)18-17/h3-4,9H,5-8,10,17H2,1-2H3,(H,18,20). The van der Waals surface area contributed by atoms with Gasteiger partial charge in [-0.05, 0) is 30.7 Å². The van der Waals surface area contributed by atoms with Crippen LogP contribution in [0.2, 0.25) is 0 Å². The van der Waals surface area contributed by atoms with Gasteiger partial charge >= 0.3 is 0 Å². The first-order valence-electron chi connectivity index (χ1n) is 7.07. The van der Waals surface area contributed by atoms with E-state index in [0.717, 1.165) is 29.9 Å². The van der Waals surface area contributed by atoms with E-state index in [0.29, 0.717) is 10.3 Å². The molecule has 1 aromatic carbocycles. The van der Waals surface area contributed by atoms with Crippen LogP contribution in [0.25, 0.3) is 0 Å². The van der Waals surface area contributed by atoms with Crippen LogP contribution in [0.5, 0.6) is 0 Å². The van der Waals surface area contributed by atoms with Gasteiger partial charge in [0.05, 0.1) is 0 Å². The largest absolute Gasteiger partial charge is 0.298 e. The molecule has 1 heterocycles. The second-order valence-electron chi connectivity index (χ2n) is 5.91. The minimum absolute atomic E-state index is 0.268. The van der Waals surface area contributed by atoms with Crippen LogP contribution < -0.4 is 11.3 Å². The molecule has 0 spiro atoms. The molecule has 0 aromatic heterocycles. The maximum Gasteiger partial charge on any atom is 0.265 e. The molecule has 4 nitrogen and oxygen atoms in total. The Morgan fingerprint density at radius 1 is 1.48 bits per heavy atom. The Kier molecular flexibility index (Phi) is 5.71. The van der Waals surface area contributed by atoms with Crippen LogP contribution in [0.15, 0.2) is 22.7 Å². The van der Waals surface area contributed by atoms with Gasteiger partial charge < -0.3 is 0 Å². The number of rotatable bonds is 3. The van der Waals surface area contributed by atoms with Gasteiger partial charge in [0.25, 0.3) is 5.91 Å². The predicted octanol–water partition coefficient (Wildman–Crippen LogP) is 2.77. The Morgan fingerprint density at radius 2 is 2.24 bits per heavy atom. The van der Waals surface area contributed by atoms with Crippen molar-refractivity contribution in [2.75, 3.05) is 18.8 Å². The first-order chi connectivity index (χ1) is 9.91. The molecule has 0 unspecified atom stereocenters. The summed E-state index contributed by atoms with van der Waals surface area (Å²) in [7, 11) is 0. The fourth-order valence-electron chi connectivity index (χ4n) is 2.36. The van der Waals surface area contributed by atoms with Crippen LogP contribution in [0, 0.1) is 0 Å². The number of carbonyl (C=O) groups is 1. The van der Waals surface area contributed by atoms with Crippen molar-refractivity contribution in [2.24, 2.45) is 5.84 Å². The minimum Gasteiger partial charge on any atom is -0.298 e. The van der Waals surface area contributed by atoms with Crippen molar-refractivity contribution in [2.45, 2.75) is 31.6 Å². The Hall–Kier alpha value is -0.560. The number of hydrazine groups is 1.